The van der Waals surface area contributed by atoms with Crippen molar-refractivity contribution >= 4 is 10.0 Å². The lowest BCUT2D eigenvalue weighted by atomic mass is 10.1. The first-order valence-corrected chi connectivity index (χ1v) is 9.41. The summed E-state index contributed by atoms with van der Waals surface area (Å²) in [6.07, 6.45) is 2.46. The van der Waals surface area contributed by atoms with Crippen molar-refractivity contribution in [1.82, 2.24) is 9.62 Å². The highest BCUT2D eigenvalue weighted by atomic mass is 32.2. The third-order valence-corrected chi connectivity index (χ3v) is 5.56. The third kappa shape index (κ3) is 4.93. The summed E-state index contributed by atoms with van der Waals surface area (Å²) in [5.41, 5.74) is 3.97. The van der Waals surface area contributed by atoms with E-state index in [1.54, 1.807) is 0 Å². The summed E-state index contributed by atoms with van der Waals surface area (Å²) in [7, 11) is -3.19. The van der Waals surface area contributed by atoms with Crippen LogP contribution in [0.4, 0.5) is 0 Å². The van der Waals surface area contributed by atoms with E-state index in [0.29, 0.717) is 12.5 Å². The monoisotopic (exact) mass is 322 g/mol. The maximum Gasteiger partial charge on any atom is 0.215 e. The van der Waals surface area contributed by atoms with Gasteiger partial charge in [0.2, 0.25) is 10.0 Å². The summed E-state index contributed by atoms with van der Waals surface area (Å²) in [6.45, 7) is 11.2. The van der Waals surface area contributed by atoms with Gasteiger partial charge in [-0.25, -0.2) is 13.1 Å². The Kier molecular flexibility index (Phi) is 5.78. The Morgan fingerprint density at radius 3 is 2.82 bits per heavy atom. The summed E-state index contributed by atoms with van der Waals surface area (Å²) in [5, 5.41) is 0. The minimum atomic E-state index is -3.19. The van der Waals surface area contributed by atoms with E-state index in [1.807, 2.05) is 0 Å². The molecule has 4 nitrogen and oxygen atoms in total. The third-order valence-electron chi connectivity index (χ3n) is 4.28. The minimum absolute atomic E-state index is 0.00786. The molecule has 0 unspecified atom stereocenters. The fraction of sp³-hybridized carbons (Fsp3) is 0.529. The van der Waals surface area contributed by atoms with Gasteiger partial charge in [0.15, 0.2) is 0 Å². The normalized spacial score (nSPS) is 19.5. The molecule has 1 aromatic carbocycles. The van der Waals surface area contributed by atoms with Crippen molar-refractivity contribution in [2.24, 2.45) is 5.92 Å². The Balaban J connectivity index is 1.82. The fourth-order valence-electron chi connectivity index (χ4n) is 2.84. The van der Waals surface area contributed by atoms with Crippen molar-refractivity contribution in [2.45, 2.75) is 26.8 Å². The predicted molar refractivity (Wildman–Crippen MR) is 91.3 cm³/mol. The number of aryl methyl sites for hydroxylation is 2. The molecule has 0 aromatic heterocycles. The highest BCUT2D eigenvalue weighted by Crippen LogP contribution is 2.19. The Labute approximate surface area is 134 Å². The van der Waals surface area contributed by atoms with Gasteiger partial charge in [-0.2, -0.15) is 0 Å². The van der Waals surface area contributed by atoms with Crippen LogP contribution in [0, 0.1) is 19.8 Å². The van der Waals surface area contributed by atoms with Crippen molar-refractivity contribution in [3.8, 4) is 0 Å². The van der Waals surface area contributed by atoms with Gasteiger partial charge in [-0.15, -0.1) is 6.58 Å². The summed E-state index contributed by atoms with van der Waals surface area (Å²) in [6, 6.07) is 6.60. The first kappa shape index (κ1) is 17.2. The van der Waals surface area contributed by atoms with E-state index in [2.05, 4.69) is 48.2 Å². The smallest absolute Gasteiger partial charge is 0.215 e. The highest BCUT2D eigenvalue weighted by molar-refractivity contribution is 7.89. The molecule has 2 rings (SSSR count). The molecule has 1 aromatic rings. The van der Waals surface area contributed by atoms with E-state index in [0.717, 1.165) is 26.1 Å². The van der Waals surface area contributed by atoms with Crippen LogP contribution in [0.5, 0.6) is 0 Å². The molecule has 1 N–H and O–H groups in total. The quantitative estimate of drug-likeness (QED) is 0.783. The predicted octanol–water partition coefficient (Wildman–Crippen LogP) is 2.23. The molecule has 0 radical (unpaired) electrons. The number of benzene rings is 1. The van der Waals surface area contributed by atoms with Crippen molar-refractivity contribution in [3.05, 3.63) is 47.5 Å². The van der Waals surface area contributed by atoms with Crippen LogP contribution >= 0.6 is 0 Å². The lowest BCUT2D eigenvalue weighted by Gasteiger charge is -2.17. The molecular formula is C17H26N2O2S. The van der Waals surface area contributed by atoms with Gasteiger partial charge in [0.25, 0.3) is 0 Å². The number of nitrogens with one attached hydrogen (secondary N) is 1. The van der Waals surface area contributed by atoms with Crippen LogP contribution in [-0.2, 0) is 16.6 Å². The van der Waals surface area contributed by atoms with E-state index in [4.69, 9.17) is 0 Å². The summed E-state index contributed by atoms with van der Waals surface area (Å²) >= 11 is 0. The average molecular weight is 322 g/mol. The van der Waals surface area contributed by atoms with Gasteiger partial charge in [0.1, 0.15) is 0 Å². The van der Waals surface area contributed by atoms with Gasteiger partial charge in [-0.3, -0.25) is 4.90 Å². The van der Waals surface area contributed by atoms with E-state index < -0.39 is 10.0 Å². The zero-order chi connectivity index (χ0) is 16.2. The number of rotatable bonds is 7. The first-order chi connectivity index (χ1) is 10.4. The van der Waals surface area contributed by atoms with E-state index in [9.17, 15) is 8.42 Å². The highest BCUT2D eigenvalue weighted by Gasteiger charge is 2.23. The zero-order valence-corrected chi connectivity index (χ0v) is 14.3. The molecule has 5 heteroatoms. The number of nitrogens with zero attached hydrogens (tertiary/aromatic N) is 1. The molecule has 0 aliphatic carbocycles. The van der Waals surface area contributed by atoms with Gasteiger partial charge in [0.05, 0.1) is 5.75 Å². The summed E-state index contributed by atoms with van der Waals surface area (Å²) in [4.78, 5) is 2.40. The minimum Gasteiger partial charge on any atom is -0.299 e. The molecule has 0 bridgehead atoms. The SMILES string of the molecule is C=CCS(=O)(=O)NC[C@@H]1CCN(Cc2ccc(C)c(C)c2)C1. The molecule has 1 aliphatic heterocycles. The molecule has 1 fully saturated rings. The maximum absolute atomic E-state index is 11.6. The van der Waals surface area contributed by atoms with Crippen molar-refractivity contribution in [3.63, 3.8) is 0 Å². The number of sulfonamides is 1. The number of likely N-dealkylation sites (tertiary alicyclic amines) is 1. The number of hydrogen-bond donors (Lipinski definition) is 1. The lowest BCUT2D eigenvalue weighted by molar-refractivity contribution is 0.316. The standard InChI is InChI=1S/C17H26N2O2S/c1-4-9-22(20,21)18-11-17-7-8-19(13-17)12-16-6-5-14(2)15(3)10-16/h4-6,10,17-18H,1,7-9,11-13H2,2-3H3/t17-/m0/s1. The molecular weight excluding hydrogens is 296 g/mol. The average Bonchev–Trinajstić information content (AvgIpc) is 2.89. The molecule has 0 saturated carbocycles. The van der Waals surface area contributed by atoms with Crippen LogP contribution in [0.25, 0.3) is 0 Å². The second kappa shape index (κ2) is 7.40. The molecule has 1 heterocycles. The van der Waals surface area contributed by atoms with Crippen LogP contribution < -0.4 is 4.72 Å². The maximum atomic E-state index is 11.6. The van der Waals surface area contributed by atoms with Gasteiger partial charge < -0.3 is 0 Å². The topological polar surface area (TPSA) is 49.4 Å². The number of hydrogen-bond acceptors (Lipinski definition) is 3. The van der Waals surface area contributed by atoms with Crippen LogP contribution in [0.1, 0.15) is 23.1 Å². The van der Waals surface area contributed by atoms with Crippen LogP contribution in [0.15, 0.2) is 30.9 Å². The van der Waals surface area contributed by atoms with E-state index in [1.165, 1.54) is 22.8 Å². The van der Waals surface area contributed by atoms with Crippen LogP contribution in [0.3, 0.4) is 0 Å². The van der Waals surface area contributed by atoms with Gasteiger partial charge >= 0.3 is 0 Å². The second-order valence-corrected chi connectivity index (χ2v) is 8.08. The molecule has 22 heavy (non-hydrogen) atoms. The van der Waals surface area contributed by atoms with Gasteiger partial charge in [-0.05, 0) is 49.4 Å². The Morgan fingerprint density at radius 2 is 2.14 bits per heavy atom. The van der Waals surface area contributed by atoms with E-state index >= 15 is 0 Å². The largest absolute Gasteiger partial charge is 0.299 e. The fourth-order valence-corrected chi connectivity index (χ4v) is 3.76. The van der Waals surface area contributed by atoms with Gasteiger partial charge in [-0.1, -0.05) is 24.3 Å². The molecule has 1 aliphatic rings. The zero-order valence-electron chi connectivity index (χ0n) is 13.5. The Hall–Kier alpha value is -1.17. The molecule has 0 amide bonds. The van der Waals surface area contributed by atoms with Gasteiger partial charge in [0, 0.05) is 19.6 Å². The van der Waals surface area contributed by atoms with Crippen LogP contribution in [0.2, 0.25) is 0 Å². The van der Waals surface area contributed by atoms with Crippen LogP contribution in [-0.4, -0.2) is 38.7 Å². The Bertz CT molecular complexity index is 626. The van der Waals surface area contributed by atoms with Crippen molar-refractivity contribution < 1.29 is 8.42 Å². The first-order valence-electron chi connectivity index (χ1n) is 7.76. The molecule has 0 spiro atoms. The molecule has 122 valence electrons. The summed E-state index contributed by atoms with van der Waals surface area (Å²) < 4.78 is 25.9. The molecule has 1 saturated heterocycles. The van der Waals surface area contributed by atoms with Crippen molar-refractivity contribution in [1.29, 1.82) is 0 Å². The van der Waals surface area contributed by atoms with Crippen molar-refractivity contribution in [2.75, 3.05) is 25.4 Å². The summed E-state index contributed by atoms with van der Waals surface area (Å²) in [5.74, 6) is 0.387. The van der Waals surface area contributed by atoms with E-state index in [-0.39, 0.29) is 5.75 Å². The Morgan fingerprint density at radius 1 is 1.36 bits per heavy atom. The lowest BCUT2D eigenvalue weighted by Crippen LogP contribution is -2.32. The molecule has 1 atom stereocenters. The second-order valence-electron chi connectivity index (χ2n) is 6.23.